The number of carbonyl (C=O) groups is 2. The highest BCUT2D eigenvalue weighted by Crippen LogP contribution is 2.34. The van der Waals surface area contributed by atoms with Crippen molar-refractivity contribution in [3.05, 3.63) is 80.4 Å². The normalized spacial score (nSPS) is 11.6. The van der Waals surface area contributed by atoms with Crippen LogP contribution in [0.5, 0.6) is 23.0 Å². The molecule has 0 radical (unpaired) electrons. The Labute approximate surface area is 226 Å². The Hall–Kier alpha value is -4.31. The molecule has 10 nitrogen and oxygen atoms in total. The first-order valence-electron chi connectivity index (χ1n) is 11.0. The number of benzene rings is 3. The van der Waals surface area contributed by atoms with Gasteiger partial charge in [0.05, 0.1) is 35.1 Å². The summed E-state index contributed by atoms with van der Waals surface area (Å²) in [5.41, 5.74) is 4.70. The second kappa shape index (κ2) is 12.1. The topological polar surface area (TPSA) is 131 Å². The van der Waals surface area contributed by atoms with Crippen molar-refractivity contribution in [2.45, 2.75) is 6.61 Å². The zero-order valence-electron chi connectivity index (χ0n) is 19.6. The number of nitrogens with one attached hydrogen (secondary N) is 2. The van der Waals surface area contributed by atoms with E-state index in [1.807, 2.05) is 18.2 Å². The van der Waals surface area contributed by atoms with E-state index in [1.54, 1.807) is 36.4 Å². The van der Waals surface area contributed by atoms with Crippen molar-refractivity contribution in [2.24, 2.45) is 5.10 Å². The number of amides is 2. The fourth-order valence-corrected chi connectivity index (χ4v) is 4.16. The number of ether oxygens (including phenoxy) is 4. The van der Waals surface area contributed by atoms with Gasteiger partial charge >= 0.3 is 0 Å². The molecule has 4 rings (SSSR count). The number of carbonyl (C=O) groups excluding carboxylic acids is 2. The first-order valence-corrected chi connectivity index (χ1v) is 12.0. The average Bonchev–Trinajstić information content (AvgIpc) is 3.39. The van der Waals surface area contributed by atoms with Crippen LogP contribution in [0.2, 0.25) is 0 Å². The molecule has 2 N–H and O–H groups in total. The molecule has 0 bridgehead atoms. The molecule has 188 valence electrons. The third kappa shape index (κ3) is 6.47. The summed E-state index contributed by atoms with van der Waals surface area (Å²) in [4.78, 5) is 24.4. The Morgan fingerprint density at radius 2 is 1.97 bits per heavy atom. The van der Waals surface area contributed by atoms with E-state index in [0.717, 1.165) is 9.13 Å². The standard InChI is InChI=1S/C26H21IN4O6/c1-34-23-9-16(8-20(27)25(23)35-14-19-5-3-2-4-18(19)11-28)12-30-31-24(32)13-29-26(33)17-6-7-21-22(10-17)37-15-36-21/h2-10,12H,13-15H2,1H3,(H,29,33)(H,31,32)/b30-12+. The lowest BCUT2D eigenvalue weighted by Crippen LogP contribution is -2.34. The van der Waals surface area contributed by atoms with E-state index in [-0.39, 0.29) is 19.9 Å². The minimum atomic E-state index is -0.497. The number of nitriles is 1. The van der Waals surface area contributed by atoms with E-state index in [2.05, 4.69) is 44.5 Å². The Balaban J connectivity index is 1.32. The maximum Gasteiger partial charge on any atom is 0.259 e. The fourth-order valence-electron chi connectivity index (χ4n) is 3.38. The average molecular weight is 612 g/mol. The SMILES string of the molecule is COc1cc(/C=N/NC(=O)CNC(=O)c2ccc3c(c2)OCO3)cc(I)c1OCc1ccccc1C#N. The third-order valence-corrected chi connectivity index (χ3v) is 6.01. The lowest BCUT2D eigenvalue weighted by Gasteiger charge is -2.14. The van der Waals surface area contributed by atoms with Crippen LogP contribution in [0.15, 0.2) is 59.7 Å². The monoisotopic (exact) mass is 612 g/mol. The van der Waals surface area contributed by atoms with Crippen LogP contribution in [-0.2, 0) is 11.4 Å². The van der Waals surface area contributed by atoms with Crippen LogP contribution in [0.4, 0.5) is 0 Å². The molecule has 0 fully saturated rings. The van der Waals surface area contributed by atoms with Gasteiger partial charge in [-0.1, -0.05) is 18.2 Å². The summed E-state index contributed by atoms with van der Waals surface area (Å²) in [6, 6.07) is 17.7. The van der Waals surface area contributed by atoms with Crippen LogP contribution in [0.3, 0.4) is 0 Å². The molecule has 0 aromatic heterocycles. The van der Waals surface area contributed by atoms with E-state index in [1.165, 1.54) is 13.3 Å². The van der Waals surface area contributed by atoms with Gasteiger partial charge in [-0.3, -0.25) is 9.59 Å². The molecule has 3 aromatic rings. The number of hydrogen-bond donors (Lipinski definition) is 2. The number of nitrogens with zero attached hydrogens (tertiary/aromatic N) is 2. The molecule has 0 saturated heterocycles. The number of halogens is 1. The third-order valence-electron chi connectivity index (χ3n) is 5.21. The van der Waals surface area contributed by atoms with Crippen molar-refractivity contribution in [1.29, 1.82) is 5.26 Å². The molecule has 1 heterocycles. The lowest BCUT2D eigenvalue weighted by molar-refractivity contribution is -0.120. The summed E-state index contributed by atoms with van der Waals surface area (Å²) >= 11 is 2.11. The number of rotatable bonds is 9. The van der Waals surface area contributed by atoms with Gasteiger partial charge in [-0.15, -0.1) is 0 Å². The lowest BCUT2D eigenvalue weighted by atomic mass is 10.1. The van der Waals surface area contributed by atoms with Crippen molar-refractivity contribution in [2.75, 3.05) is 20.4 Å². The maximum absolute atomic E-state index is 12.3. The molecular formula is C26H21IN4O6. The highest BCUT2D eigenvalue weighted by atomic mass is 127. The zero-order valence-corrected chi connectivity index (χ0v) is 21.8. The predicted octanol–water partition coefficient (Wildman–Crippen LogP) is 3.36. The fraction of sp³-hybridized carbons (Fsp3) is 0.154. The van der Waals surface area contributed by atoms with Crippen LogP contribution in [0, 0.1) is 14.9 Å². The van der Waals surface area contributed by atoms with Gasteiger partial charge in [-0.05, 0) is 64.6 Å². The molecule has 0 atom stereocenters. The molecule has 0 spiro atoms. The summed E-state index contributed by atoms with van der Waals surface area (Å²) in [6.07, 6.45) is 1.46. The van der Waals surface area contributed by atoms with Crippen LogP contribution in [0.25, 0.3) is 0 Å². The van der Waals surface area contributed by atoms with E-state index in [4.69, 9.17) is 18.9 Å². The summed E-state index contributed by atoms with van der Waals surface area (Å²) in [5, 5.41) is 15.8. The van der Waals surface area contributed by atoms with Crippen molar-refractivity contribution in [3.63, 3.8) is 0 Å². The number of hydrogen-bond acceptors (Lipinski definition) is 8. The Morgan fingerprint density at radius 1 is 1.16 bits per heavy atom. The number of fused-ring (bicyclic) bond motifs is 1. The summed E-state index contributed by atoms with van der Waals surface area (Å²) in [5.74, 6) is 1.13. The Bertz CT molecular complexity index is 1400. The Kier molecular flexibility index (Phi) is 8.42. The second-order valence-corrected chi connectivity index (χ2v) is 8.80. The van der Waals surface area contributed by atoms with Crippen LogP contribution >= 0.6 is 22.6 Å². The minimum Gasteiger partial charge on any atom is -0.493 e. The van der Waals surface area contributed by atoms with Gasteiger partial charge in [0.1, 0.15) is 6.61 Å². The van der Waals surface area contributed by atoms with E-state index < -0.39 is 11.8 Å². The van der Waals surface area contributed by atoms with Gasteiger partial charge in [0.15, 0.2) is 23.0 Å². The van der Waals surface area contributed by atoms with Crippen molar-refractivity contribution < 1.29 is 28.5 Å². The van der Waals surface area contributed by atoms with Crippen molar-refractivity contribution in [3.8, 4) is 29.1 Å². The molecule has 3 aromatic carbocycles. The number of hydrazone groups is 1. The van der Waals surface area contributed by atoms with Gasteiger partial charge in [-0.25, -0.2) is 5.43 Å². The molecule has 2 amide bonds. The van der Waals surface area contributed by atoms with E-state index >= 15 is 0 Å². The molecule has 11 heteroatoms. The van der Waals surface area contributed by atoms with Crippen LogP contribution in [-0.4, -0.2) is 38.5 Å². The molecular weight excluding hydrogens is 591 g/mol. The molecule has 0 aliphatic carbocycles. The molecule has 0 saturated carbocycles. The first-order chi connectivity index (χ1) is 18.0. The molecule has 1 aliphatic rings. The predicted molar refractivity (Wildman–Crippen MR) is 142 cm³/mol. The highest BCUT2D eigenvalue weighted by Gasteiger charge is 2.17. The Morgan fingerprint density at radius 3 is 2.78 bits per heavy atom. The largest absolute Gasteiger partial charge is 0.493 e. The summed E-state index contributed by atoms with van der Waals surface area (Å²) in [7, 11) is 1.52. The first kappa shape index (κ1) is 25.8. The quantitative estimate of drug-likeness (QED) is 0.215. The minimum absolute atomic E-state index is 0.109. The highest BCUT2D eigenvalue weighted by molar-refractivity contribution is 14.1. The second-order valence-electron chi connectivity index (χ2n) is 7.64. The maximum atomic E-state index is 12.3. The summed E-state index contributed by atoms with van der Waals surface area (Å²) < 4.78 is 22.6. The van der Waals surface area contributed by atoms with Crippen molar-refractivity contribution >= 4 is 40.6 Å². The van der Waals surface area contributed by atoms with E-state index in [0.29, 0.717) is 39.7 Å². The van der Waals surface area contributed by atoms with Crippen LogP contribution in [0.1, 0.15) is 27.0 Å². The zero-order chi connectivity index (χ0) is 26.2. The van der Waals surface area contributed by atoms with E-state index in [9.17, 15) is 14.9 Å². The van der Waals surface area contributed by atoms with Gasteiger partial charge in [0.25, 0.3) is 11.8 Å². The van der Waals surface area contributed by atoms with Gasteiger partial charge < -0.3 is 24.3 Å². The summed E-state index contributed by atoms with van der Waals surface area (Å²) in [6.45, 7) is 0.0539. The smallest absolute Gasteiger partial charge is 0.259 e. The van der Waals surface area contributed by atoms with Gasteiger partial charge in [0, 0.05) is 11.1 Å². The molecule has 0 unspecified atom stereocenters. The van der Waals surface area contributed by atoms with Crippen molar-refractivity contribution in [1.82, 2.24) is 10.7 Å². The number of methoxy groups -OCH3 is 1. The van der Waals surface area contributed by atoms with Gasteiger partial charge in [0.2, 0.25) is 6.79 Å². The van der Waals surface area contributed by atoms with Crippen LogP contribution < -0.4 is 29.7 Å². The molecule has 1 aliphatic heterocycles. The molecule has 37 heavy (non-hydrogen) atoms. The van der Waals surface area contributed by atoms with Gasteiger partial charge in [-0.2, -0.15) is 10.4 Å².